The molecule has 2 aromatic rings. The van der Waals surface area contributed by atoms with Crippen LogP contribution in [0, 0.1) is 0 Å². The molecular weight excluding hydrogens is 312 g/mol. The molecule has 0 unspecified atom stereocenters. The second-order valence-electron chi connectivity index (χ2n) is 4.04. The molecule has 1 aliphatic rings. The van der Waals surface area contributed by atoms with Gasteiger partial charge in [-0.1, -0.05) is 6.07 Å². The Hall–Kier alpha value is -1.72. The van der Waals surface area contributed by atoms with Crippen molar-refractivity contribution in [3.05, 3.63) is 46.4 Å². The van der Waals surface area contributed by atoms with Crippen molar-refractivity contribution in [1.29, 1.82) is 0 Å². The van der Waals surface area contributed by atoms with Crippen molar-refractivity contribution in [2.45, 2.75) is 6.61 Å². The summed E-state index contributed by atoms with van der Waals surface area (Å²) in [6, 6.07) is 10.9. The topological polar surface area (TPSA) is 47.9 Å². The van der Waals surface area contributed by atoms with E-state index >= 15 is 0 Å². The van der Waals surface area contributed by atoms with Gasteiger partial charge < -0.3 is 19.3 Å². The highest BCUT2D eigenvalue weighted by Gasteiger charge is 2.14. The molecule has 0 saturated carbocycles. The van der Waals surface area contributed by atoms with E-state index in [1.807, 2.05) is 24.3 Å². The third kappa shape index (κ3) is 2.52. The van der Waals surface area contributed by atoms with Crippen molar-refractivity contribution >= 4 is 15.9 Å². The largest absolute Gasteiger partial charge is 0.456 e. The Kier molecular flexibility index (Phi) is 3.31. The molecule has 0 atom stereocenters. The molecule has 19 heavy (non-hydrogen) atoms. The van der Waals surface area contributed by atoms with Crippen LogP contribution in [0.15, 0.2) is 40.9 Å². The number of hydrogen-bond acceptors (Lipinski definition) is 4. The molecule has 1 N–H and O–H groups in total. The first-order chi connectivity index (χ1) is 9.26. The van der Waals surface area contributed by atoms with E-state index in [0.717, 1.165) is 15.8 Å². The fourth-order valence-corrected chi connectivity index (χ4v) is 2.30. The smallest absolute Gasteiger partial charge is 0.231 e. The summed E-state index contributed by atoms with van der Waals surface area (Å²) in [5, 5.41) is 9.06. The number of benzene rings is 2. The van der Waals surface area contributed by atoms with Crippen LogP contribution < -0.4 is 14.2 Å². The van der Waals surface area contributed by atoms with Gasteiger partial charge in [-0.15, -0.1) is 0 Å². The van der Waals surface area contributed by atoms with Gasteiger partial charge in [0.1, 0.15) is 11.5 Å². The summed E-state index contributed by atoms with van der Waals surface area (Å²) in [6.07, 6.45) is 0. The van der Waals surface area contributed by atoms with Gasteiger partial charge in [0.25, 0.3) is 0 Å². The highest BCUT2D eigenvalue weighted by atomic mass is 79.9. The lowest BCUT2D eigenvalue weighted by molar-refractivity contribution is 0.174. The van der Waals surface area contributed by atoms with Gasteiger partial charge in [-0.05, 0) is 45.8 Å². The first kappa shape index (κ1) is 12.3. The molecule has 0 amide bonds. The molecule has 2 aromatic carbocycles. The predicted molar refractivity (Wildman–Crippen MR) is 72.7 cm³/mol. The quantitative estimate of drug-likeness (QED) is 0.940. The zero-order valence-electron chi connectivity index (χ0n) is 9.93. The van der Waals surface area contributed by atoms with E-state index in [9.17, 15) is 0 Å². The number of ether oxygens (including phenoxy) is 3. The van der Waals surface area contributed by atoms with E-state index in [1.165, 1.54) is 0 Å². The maximum absolute atomic E-state index is 9.06. The zero-order valence-corrected chi connectivity index (χ0v) is 11.5. The molecule has 4 nitrogen and oxygen atoms in total. The van der Waals surface area contributed by atoms with Gasteiger partial charge in [0.15, 0.2) is 11.5 Å². The number of hydrogen-bond donors (Lipinski definition) is 1. The van der Waals surface area contributed by atoms with Crippen molar-refractivity contribution in [1.82, 2.24) is 0 Å². The molecule has 0 spiro atoms. The highest BCUT2D eigenvalue weighted by molar-refractivity contribution is 9.10. The molecule has 3 rings (SSSR count). The van der Waals surface area contributed by atoms with Crippen LogP contribution in [0.5, 0.6) is 23.0 Å². The second-order valence-corrected chi connectivity index (χ2v) is 4.89. The molecule has 1 aliphatic heterocycles. The maximum atomic E-state index is 9.06. The van der Waals surface area contributed by atoms with E-state index in [0.29, 0.717) is 17.2 Å². The van der Waals surface area contributed by atoms with Gasteiger partial charge in [-0.3, -0.25) is 0 Å². The Labute approximate surface area is 118 Å². The monoisotopic (exact) mass is 322 g/mol. The second kappa shape index (κ2) is 5.11. The van der Waals surface area contributed by atoms with Crippen LogP contribution in [0.25, 0.3) is 0 Å². The number of halogens is 1. The molecular formula is C14H11BrO4. The van der Waals surface area contributed by atoms with Gasteiger partial charge in [0, 0.05) is 6.07 Å². The summed E-state index contributed by atoms with van der Waals surface area (Å²) in [7, 11) is 0. The molecule has 0 saturated heterocycles. The third-order valence-corrected chi connectivity index (χ3v) is 3.37. The Bertz CT molecular complexity index is 612. The Morgan fingerprint density at radius 3 is 2.74 bits per heavy atom. The first-order valence-electron chi connectivity index (χ1n) is 5.73. The van der Waals surface area contributed by atoms with Crippen LogP contribution in [-0.2, 0) is 6.61 Å². The van der Waals surface area contributed by atoms with Crippen LogP contribution >= 0.6 is 15.9 Å². The van der Waals surface area contributed by atoms with Crippen molar-refractivity contribution in [2.75, 3.05) is 6.79 Å². The lowest BCUT2D eigenvalue weighted by Gasteiger charge is -2.09. The van der Waals surface area contributed by atoms with Crippen molar-refractivity contribution < 1.29 is 19.3 Å². The number of rotatable bonds is 3. The van der Waals surface area contributed by atoms with Crippen molar-refractivity contribution in [3.63, 3.8) is 0 Å². The summed E-state index contributed by atoms with van der Waals surface area (Å²) in [5.41, 5.74) is 0.824. The van der Waals surface area contributed by atoms with Crippen LogP contribution in [0.1, 0.15) is 5.56 Å². The van der Waals surface area contributed by atoms with Crippen LogP contribution in [0.2, 0.25) is 0 Å². The summed E-state index contributed by atoms with van der Waals surface area (Å²) in [6.45, 7) is 0.247. The number of aliphatic hydroxyl groups is 1. The number of aliphatic hydroxyl groups excluding tert-OH is 1. The standard InChI is InChI=1S/C14H11BrO4/c15-11-5-9(7-16)1-3-12(11)19-10-2-4-13-14(6-10)18-8-17-13/h1-6,16H,7-8H2. The lowest BCUT2D eigenvalue weighted by Crippen LogP contribution is -1.92. The predicted octanol–water partition coefficient (Wildman–Crippen LogP) is 3.46. The maximum Gasteiger partial charge on any atom is 0.231 e. The van der Waals surface area contributed by atoms with Gasteiger partial charge in [-0.2, -0.15) is 0 Å². The summed E-state index contributed by atoms with van der Waals surface area (Å²) in [4.78, 5) is 0. The number of fused-ring (bicyclic) bond motifs is 1. The third-order valence-electron chi connectivity index (χ3n) is 2.75. The average Bonchev–Trinajstić information content (AvgIpc) is 2.88. The van der Waals surface area contributed by atoms with E-state index in [1.54, 1.807) is 12.1 Å². The molecule has 98 valence electrons. The fraction of sp³-hybridized carbons (Fsp3) is 0.143. The Morgan fingerprint density at radius 1 is 1.11 bits per heavy atom. The van der Waals surface area contributed by atoms with E-state index < -0.39 is 0 Å². The van der Waals surface area contributed by atoms with E-state index in [4.69, 9.17) is 19.3 Å². The van der Waals surface area contributed by atoms with Crippen LogP contribution in [-0.4, -0.2) is 11.9 Å². The normalized spacial score (nSPS) is 12.5. The van der Waals surface area contributed by atoms with Crippen molar-refractivity contribution in [3.8, 4) is 23.0 Å². The van der Waals surface area contributed by atoms with Crippen LogP contribution in [0.3, 0.4) is 0 Å². The molecule has 0 radical (unpaired) electrons. The highest BCUT2D eigenvalue weighted by Crippen LogP contribution is 2.38. The van der Waals surface area contributed by atoms with Gasteiger partial charge >= 0.3 is 0 Å². The van der Waals surface area contributed by atoms with E-state index in [-0.39, 0.29) is 13.4 Å². The first-order valence-corrected chi connectivity index (χ1v) is 6.52. The lowest BCUT2D eigenvalue weighted by atomic mass is 10.2. The molecule has 5 heteroatoms. The summed E-state index contributed by atoms with van der Waals surface area (Å²) < 4.78 is 17.1. The average molecular weight is 323 g/mol. The molecule has 0 bridgehead atoms. The van der Waals surface area contributed by atoms with Crippen molar-refractivity contribution in [2.24, 2.45) is 0 Å². The van der Waals surface area contributed by atoms with Gasteiger partial charge in [0.2, 0.25) is 6.79 Å². The van der Waals surface area contributed by atoms with Crippen LogP contribution in [0.4, 0.5) is 0 Å². The molecule has 0 fully saturated rings. The minimum atomic E-state index is 0.00288. The SMILES string of the molecule is OCc1ccc(Oc2ccc3c(c2)OCO3)c(Br)c1. The molecule has 1 heterocycles. The van der Waals surface area contributed by atoms with Gasteiger partial charge in [-0.25, -0.2) is 0 Å². The minimum Gasteiger partial charge on any atom is -0.456 e. The summed E-state index contributed by atoms with van der Waals surface area (Å²) >= 11 is 3.42. The fourth-order valence-electron chi connectivity index (χ4n) is 1.79. The van der Waals surface area contributed by atoms with Gasteiger partial charge in [0.05, 0.1) is 11.1 Å². The summed E-state index contributed by atoms with van der Waals surface area (Å²) in [5.74, 6) is 2.75. The Balaban J connectivity index is 1.85. The molecule has 0 aliphatic carbocycles. The Morgan fingerprint density at radius 2 is 1.95 bits per heavy atom. The molecule has 0 aromatic heterocycles. The van der Waals surface area contributed by atoms with E-state index in [2.05, 4.69) is 15.9 Å². The zero-order chi connectivity index (χ0) is 13.2. The minimum absolute atomic E-state index is 0.00288.